The highest BCUT2D eigenvalue weighted by molar-refractivity contribution is 5.81. The quantitative estimate of drug-likeness (QED) is 0.499. The minimum atomic E-state index is -0.243. The van der Waals surface area contributed by atoms with Crippen LogP contribution in [0.1, 0.15) is 44.9 Å². The molecular weight excluding hydrogens is 176 g/mol. The first kappa shape index (κ1) is 9.75. The van der Waals surface area contributed by atoms with Gasteiger partial charge in [-0.2, -0.15) is 0 Å². The molecule has 2 rings (SSSR count). The van der Waals surface area contributed by atoms with Crippen molar-refractivity contribution in [2.24, 2.45) is 5.92 Å². The fraction of sp³-hybridized carbons (Fsp3) is 0.750. The van der Waals surface area contributed by atoms with E-state index in [4.69, 9.17) is 4.74 Å². The summed E-state index contributed by atoms with van der Waals surface area (Å²) in [4.78, 5) is 11.2. The Kier molecular flexibility index (Phi) is 2.62. The molecule has 2 saturated carbocycles. The van der Waals surface area contributed by atoms with Crippen molar-refractivity contribution in [3.05, 3.63) is 12.7 Å². The van der Waals surface area contributed by atoms with E-state index in [1.165, 1.54) is 31.8 Å². The van der Waals surface area contributed by atoms with Crippen LogP contribution in [0.2, 0.25) is 0 Å². The van der Waals surface area contributed by atoms with Crippen molar-refractivity contribution < 1.29 is 9.53 Å². The topological polar surface area (TPSA) is 26.3 Å². The van der Waals surface area contributed by atoms with Gasteiger partial charge >= 0.3 is 5.97 Å². The predicted octanol–water partition coefficient (Wildman–Crippen LogP) is 2.83. The maximum atomic E-state index is 11.2. The van der Waals surface area contributed by atoms with E-state index in [2.05, 4.69) is 6.58 Å². The van der Waals surface area contributed by atoms with Gasteiger partial charge in [-0.3, -0.25) is 0 Å². The number of carbonyl (C=O) groups excluding carboxylic acids is 1. The van der Waals surface area contributed by atoms with Crippen LogP contribution < -0.4 is 0 Å². The summed E-state index contributed by atoms with van der Waals surface area (Å²) in [6.45, 7) is 3.45. The molecule has 78 valence electrons. The lowest BCUT2D eigenvalue weighted by molar-refractivity contribution is -0.153. The van der Waals surface area contributed by atoms with Gasteiger partial charge in [-0.05, 0) is 38.0 Å². The van der Waals surface area contributed by atoms with E-state index in [1.54, 1.807) is 0 Å². The van der Waals surface area contributed by atoms with Gasteiger partial charge in [-0.1, -0.05) is 19.4 Å². The lowest BCUT2D eigenvalue weighted by Crippen LogP contribution is -2.31. The summed E-state index contributed by atoms with van der Waals surface area (Å²) in [5, 5.41) is 0. The van der Waals surface area contributed by atoms with Crippen LogP contribution in [0.25, 0.3) is 0 Å². The summed E-state index contributed by atoms with van der Waals surface area (Å²) in [6.07, 6.45) is 9.58. The highest BCUT2D eigenvalue weighted by Crippen LogP contribution is 2.45. The second-order valence-electron chi connectivity index (χ2n) is 4.66. The summed E-state index contributed by atoms with van der Waals surface area (Å²) in [6, 6.07) is 0. The number of rotatable bonds is 2. The van der Waals surface area contributed by atoms with Gasteiger partial charge in [0, 0.05) is 6.08 Å². The monoisotopic (exact) mass is 194 g/mol. The molecule has 0 aliphatic heterocycles. The summed E-state index contributed by atoms with van der Waals surface area (Å²) in [7, 11) is 0. The number of carbonyl (C=O) groups is 1. The lowest BCUT2D eigenvalue weighted by atomic mass is 9.96. The second kappa shape index (κ2) is 3.76. The molecule has 0 radical (unpaired) electrons. The number of ether oxygens (including phenoxy) is 1. The van der Waals surface area contributed by atoms with Gasteiger partial charge in [0.2, 0.25) is 0 Å². The minimum Gasteiger partial charge on any atom is -0.456 e. The SMILES string of the molecule is C=CC(=O)OC12CCCCC(CC1)C2. The maximum Gasteiger partial charge on any atom is 0.330 e. The third-order valence-corrected chi connectivity index (χ3v) is 3.65. The van der Waals surface area contributed by atoms with Gasteiger partial charge in [0.1, 0.15) is 5.60 Å². The van der Waals surface area contributed by atoms with Crippen molar-refractivity contribution in [3.8, 4) is 0 Å². The third-order valence-electron chi connectivity index (χ3n) is 3.65. The zero-order chi connectivity index (χ0) is 10.0. The molecule has 2 nitrogen and oxygen atoms in total. The van der Waals surface area contributed by atoms with Crippen molar-refractivity contribution in [3.63, 3.8) is 0 Å². The summed E-state index contributed by atoms with van der Waals surface area (Å²) in [5.74, 6) is 0.558. The van der Waals surface area contributed by atoms with Crippen LogP contribution in [-0.4, -0.2) is 11.6 Å². The molecule has 2 unspecified atom stereocenters. The van der Waals surface area contributed by atoms with Crippen molar-refractivity contribution in [2.45, 2.75) is 50.5 Å². The number of hydrogen-bond donors (Lipinski definition) is 0. The normalized spacial score (nSPS) is 36.1. The van der Waals surface area contributed by atoms with Crippen molar-refractivity contribution >= 4 is 5.97 Å². The fourth-order valence-corrected chi connectivity index (χ4v) is 2.95. The van der Waals surface area contributed by atoms with Crippen LogP contribution in [0.15, 0.2) is 12.7 Å². The average Bonchev–Trinajstić information content (AvgIpc) is 2.43. The molecule has 0 heterocycles. The van der Waals surface area contributed by atoms with Crippen molar-refractivity contribution in [1.82, 2.24) is 0 Å². The van der Waals surface area contributed by atoms with Gasteiger partial charge < -0.3 is 4.74 Å². The highest BCUT2D eigenvalue weighted by atomic mass is 16.6. The molecule has 2 aliphatic rings. The molecule has 0 aromatic heterocycles. The Morgan fingerprint density at radius 2 is 2.21 bits per heavy atom. The highest BCUT2D eigenvalue weighted by Gasteiger charge is 2.42. The summed E-state index contributed by atoms with van der Waals surface area (Å²) < 4.78 is 5.54. The molecule has 0 spiro atoms. The Balaban J connectivity index is 2.05. The summed E-state index contributed by atoms with van der Waals surface area (Å²) in [5.41, 5.74) is -0.119. The molecule has 14 heavy (non-hydrogen) atoms. The molecule has 0 amide bonds. The van der Waals surface area contributed by atoms with E-state index < -0.39 is 0 Å². The Hall–Kier alpha value is -0.790. The van der Waals surface area contributed by atoms with Crippen LogP contribution in [0.4, 0.5) is 0 Å². The lowest BCUT2D eigenvalue weighted by Gasteiger charge is -2.27. The Morgan fingerprint density at radius 3 is 3.00 bits per heavy atom. The van der Waals surface area contributed by atoms with Gasteiger partial charge in [0.05, 0.1) is 0 Å². The first-order chi connectivity index (χ1) is 6.74. The van der Waals surface area contributed by atoms with E-state index in [1.807, 2.05) is 0 Å². The largest absolute Gasteiger partial charge is 0.456 e. The number of fused-ring (bicyclic) bond motifs is 2. The van der Waals surface area contributed by atoms with Crippen molar-refractivity contribution in [2.75, 3.05) is 0 Å². The number of esters is 1. The van der Waals surface area contributed by atoms with E-state index in [0.717, 1.165) is 25.2 Å². The van der Waals surface area contributed by atoms with Gasteiger partial charge in [0.25, 0.3) is 0 Å². The third kappa shape index (κ3) is 1.84. The van der Waals surface area contributed by atoms with Gasteiger partial charge in [0.15, 0.2) is 0 Å². The van der Waals surface area contributed by atoms with E-state index in [0.29, 0.717) is 0 Å². The molecule has 0 aromatic rings. The van der Waals surface area contributed by atoms with E-state index in [9.17, 15) is 4.79 Å². The van der Waals surface area contributed by atoms with Gasteiger partial charge in [-0.25, -0.2) is 4.79 Å². The second-order valence-corrected chi connectivity index (χ2v) is 4.66. The number of hydrogen-bond acceptors (Lipinski definition) is 2. The average molecular weight is 194 g/mol. The molecule has 2 bridgehead atoms. The van der Waals surface area contributed by atoms with Gasteiger partial charge in [-0.15, -0.1) is 0 Å². The minimum absolute atomic E-state index is 0.119. The molecular formula is C12H18O2. The molecule has 2 aliphatic carbocycles. The van der Waals surface area contributed by atoms with E-state index >= 15 is 0 Å². The van der Waals surface area contributed by atoms with Crippen LogP contribution >= 0.6 is 0 Å². The van der Waals surface area contributed by atoms with Crippen LogP contribution in [0.3, 0.4) is 0 Å². The molecule has 0 N–H and O–H groups in total. The van der Waals surface area contributed by atoms with Crippen molar-refractivity contribution in [1.29, 1.82) is 0 Å². The predicted molar refractivity (Wildman–Crippen MR) is 54.8 cm³/mol. The Morgan fingerprint density at radius 1 is 1.36 bits per heavy atom. The Bertz CT molecular complexity index is 247. The standard InChI is InChI=1S/C12H18O2/c1-2-11(13)14-12-7-4-3-5-10(9-12)6-8-12/h2,10H,1,3-9H2. The first-order valence-electron chi connectivity index (χ1n) is 5.59. The molecule has 0 saturated heterocycles. The molecule has 2 heteroatoms. The molecule has 2 atom stereocenters. The zero-order valence-corrected chi connectivity index (χ0v) is 8.63. The maximum absolute atomic E-state index is 11.2. The zero-order valence-electron chi connectivity index (χ0n) is 8.63. The van der Waals surface area contributed by atoms with Crippen LogP contribution in [0.5, 0.6) is 0 Å². The van der Waals surface area contributed by atoms with E-state index in [-0.39, 0.29) is 11.6 Å². The smallest absolute Gasteiger partial charge is 0.330 e. The fourth-order valence-electron chi connectivity index (χ4n) is 2.95. The Labute approximate surface area is 85.3 Å². The van der Waals surface area contributed by atoms with Crippen LogP contribution in [-0.2, 0) is 9.53 Å². The summed E-state index contributed by atoms with van der Waals surface area (Å²) >= 11 is 0. The first-order valence-corrected chi connectivity index (χ1v) is 5.59. The molecule has 0 aromatic carbocycles. The van der Waals surface area contributed by atoms with Crippen LogP contribution in [0, 0.1) is 5.92 Å². The molecule has 2 fully saturated rings.